The van der Waals surface area contributed by atoms with Crippen LogP contribution in [0.5, 0.6) is 5.75 Å². The normalized spacial score (nSPS) is 17.5. The molecule has 4 heteroatoms. The van der Waals surface area contributed by atoms with Crippen molar-refractivity contribution in [2.24, 2.45) is 0 Å². The number of hydrogen-bond donors (Lipinski definition) is 0. The van der Waals surface area contributed by atoms with Crippen molar-refractivity contribution < 1.29 is 14.3 Å². The van der Waals surface area contributed by atoms with E-state index < -0.39 is 0 Å². The first-order valence-electron chi connectivity index (χ1n) is 8.33. The molecule has 0 aliphatic carbocycles. The minimum Gasteiger partial charge on any atom is -0.484 e. The second-order valence-electron chi connectivity index (χ2n) is 6.13. The number of nitrogens with zero attached hydrogens (tertiary/aromatic N) is 1. The smallest absolute Gasteiger partial charge is 0.260 e. The van der Waals surface area contributed by atoms with Crippen LogP contribution < -0.4 is 4.74 Å². The molecule has 4 nitrogen and oxygen atoms in total. The zero-order valence-corrected chi connectivity index (χ0v) is 14.0. The summed E-state index contributed by atoms with van der Waals surface area (Å²) in [6, 6.07) is 18.0. The average Bonchev–Trinajstić information content (AvgIpc) is 2.61. The Labute approximate surface area is 143 Å². The lowest BCUT2D eigenvalue weighted by molar-refractivity contribution is -0.140. The van der Waals surface area contributed by atoms with E-state index in [0.29, 0.717) is 19.7 Å². The molecule has 0 spiro atoms. The molecular weight excluding hydrogens is 302 g/mol. The highest BCUT2D eigenvalue weighted by atomic mass is 16.5. The number of rotatable bonds is 5. The van der Waals surface area contributed by atoms with Gasteiger partial charge in [0.05, 0.1) is 12.7 Å². The molecule has 3 rings (SSSR count). The van der Waals surface area contributed by atoms with Gasteiger partial charge in [-0.15, -0.1) is 0 Å². The molecule has 1 saturated heterocycles. The third-order valence-corrected chi connectivity index (χ3v) is 4.15. The van der Waals surface area contributed by atoms with Crippen molar-refractivity contribution in [3.63, 3.8) is 0 Å². The Morgan fingerprint density at radius 1 is 1.21 bits per heavy atom. The summed E-state index contributed by atoms with van der Waals surface area (Å²) in [5.41, 5.74) is 2.35. The molecule has 126 valence electrons. The van der Waals surface area contributed by atoms with E-state index in [2.05, 4.69) is 12.1 Å². The number of ether oxygens (including phenoxy) is 2. The summed E-state index contributed by atoms with van der Waals surface area (Å²) in [7, 11) is 0. The maximum Gasteiger partial charge on any atom is 0.260 e. The summed E-state index contributed by atoms with van der Waals surface area (Å²) in [6.45, 7) is 3.90. The second kappa shape index (κ2) is 7.97. The van der Waals surface area contributed by atoms with E-state index in [4.69, 9.17) is 9.47 Å². The SMILES string of the molecule is Cc1cccc(OCC(=O)N2CCOC(Cc3ccccc3)C2)c1. The van der Waals surface area contributed by atoms with Crippen LogP contribution in [0.25, 0.3) is 0 Å². The van der Waals surface area contributed by atoms with E-state index >= 15 is 0 Å². The van der Waals surface area contributed by atoms with E-state index in [1.54, 1.807) is 0 Å². The van der Waals surface area contributed by atoms with Crippen molar-refractivity contribution in [1.82, 2.24) is 4.90 Å². The fourth-order valence-corrected chi connectivity index (χ4v) is 2.89. The molecular formula is C20H23NO3. The van der Waals surface area contributed by atoms with E-state index in [1.807, 2.05) is 54.3 Å². The largest absolute Gasteiger partial charge is 0.484 e. The van der Waals surface area contributed by atoms with Crippen molar-refractivity contribution in [2.75, 3.05) is 26.3 Å². The maximum atomic E-state index is 12.4. The molecule has 1 atom stereocenters. The average molecular weight is 325 g/mol. The third-order valence-electron chi connectivity index (χ3n) is 4.15. The van der Waals surface area contributed by atoms with Crippen LogP contribution in [-0.4, -0.2) is 43.2 Å². The van der Waals surface area contributed by atoms with Crippen LogP contribution in [0.3, 0.4) is 0 Å². The van der Waals surface area contributed by atoms with Crippen LogP contribution in [0.4, 0.5) is 0 Å². The topological polar surface area (TPSA) is 38.8 Å². The van der Waals surface area contributed by atoms with Crippen LogP contribution >= 0.6 is 0 Å². The highest BCUT2D eigenvalue weighted by molar-refractivity contribution is 5.77. The molecule has 1 unspecified atom stereocenters. The Morgan fingerprint density at radius 2 is 2.04 bits per heavy atom. The van der Waals surface area contributed by atoms with Crippen LogP contribution in [0.15, 0.2) is 54.6 Å². The molecule has 1 fully saturated rings. The maximum absolute atomic E-state index is 12.4. The highest BCUT2D eigenvalue weighted by Gasteiger charge is 2.24. The van der Waals surface area contributed by atoms with Crippen LogP contribution in [-0.2, 0) is 16.0 Å². The molecule has 0 bridgehead atoms. The number of amides is 1. The fraction of sp³-hybridized carbons (Fsp3) is 0.350. The Balaban J connectivity index is 1.51. The monoisotopic (exact) mass is 325 g/mol. The molecule has 1 heterocycles. The Morgan fingerprint density at radius 3 is 2.83 bits per heavy atom. The first-order chi connectivity index (χ1) is 11.7. The van der Waals surface area contributed by atoms with Gasteiger partial charge >= 0.3 is 0 Å². The standard InChI is InChI=1S/C20H23NO3/c1-16-6-5-9-18(12-16)24-15-20(22)21-10-11-23-19(14-21)13-17-7-3-2-4-8-17/h2-9,12,19H,10-11,13-15H2,1H3. The van der Waals surface area contributed by atoms with Gasteiger partial charge in [0.1, 0.15) is 5.75 Å². The molecule has 1 aliphatic rings. The van der Waals surface area contributed by atoms with E-state index in [0.717, 1.165) is 17.7 Å². The van der Waals surface area contributed by atoms with E-state index in [9.17, 15) is 4.79 Å². The van der Waals surface area contributed by atoms with Crippen molar-refractivity contribution in [1.29, 1.82) is 0 Å². The van der Waals surface area contributed by atoms with Crippen molar-refractivity contribution in [3.05, 3.63) is 65.7 Å². The lowest BCUT2D eigenvalue weighted by Gasteiger charge is -2.33. The Kier molecular flexibility index (Phi) is 5.49. The van der Waals surface area contributed by atoms with Crippen LogP contribution in [0.1, 0.15) is 11.1 Å². The van der Waals surface area contributed by atoms with Crippen LogP contribution in [0.2, 0.25) is 0 Å². The van der Waals surface area contributed by atoms with Gasteiger partial charge in [0.25, 0.3) is 5.91 Å². The molecule has 0 radical (unpaired) electrons. The van der Waals surface area contributed by atoms with Crippen molar-refractivity contribution in [3.8, 4) is 5.75 Å². The Bertz CT molecular complexity index is 672. The number of benzene rings is 2. The predicted molar refractivity (Wildman–Crippen MR) is 93.1 cm³/mol. The summed E-state index contributed by atoms with van der Waals surface area (Å²) in [5, 5.41) is 0. The quantitative estimate of drug-likeness (QED) is 0.848. The minimum absolute atomic E-state index is 0.0119. The van der Waals surface area contributed by atoms with Crippen molar-refractivity contribution >= 4 is 5.91 Å². The predicted octanol–water partition coefficient (Wildman–Crippen LogP) is 2.84. The first-order valence-corrected chi connectivity index (χ1v) is 8.33. The highest BCUT2D eigenvalue weighted by Crippen LogP contribution is 2.14. The van der Waals surface area contributed by atoms with Crippen molar-refractivity contribution in [2.45, 2.75) is 19.4 Å². The molecule has 0 aromatic heterocycles. The fourth-order valence-electron chi connectivity index (χ4n) is 2.89. The van der Waals surface area contributed by atoms with Gasteiger partial charge in [-0.25, -0.2) is 0 Å². The second-order valence-corrected chi connectivity index (χ2v) is 6.13. The third kappa shape index (κ3) is 4.59. The van der Waals surface area contributed by atoms with Gasteiger partial charge < -0.3 is 14.4 Å². The minimum atomic E-state index is 0.0119. The van der Waals surface area contributed by atoms with Gasteiger partial charge in [-0.2, -0.15) is 0 Å². The molecule has 2 aromatic carbocycles. The van der Waals surface area contributed by atoms with E-state index in [-0.39, 0.29) is 18.6 Å². The number of carbonyl (C=O) groups excluding carboxylic acids is 1. The molecule has 0 saturated carbocycles. The molecule has 24 heavy (non-hydrogen) atoms. The molecule has 2 aromatic rings. The number of carbonyl (C=O) groups is 1. The lowest BCUT2D eigenvalue weighted by atomic mass is 10.1. The number of hydrogen-bond acceptors (Lipinski definition) is 3. The number of morpholine rings is 1. The summed E-state index contributed by atoms with van der Waals surface area (Å²) in [6.07, 6.45) is 0.868. The zero-order valence-electron chi connectivity index (χ0n) is 14.0. The van der Waals surface area contributed by atoms with Gasteiger partial charge in [0.2, 0.25) is 0 Å². The van der Waals surface area contributed by atoms with Gasteiger partial charge in [0, 0.05) is 19.5 Å². The van der Waals surface area contributed by atoms with Gasteiger partial charge in [-0.3, -0.25) is 4.79 Å². The van der Waals surface area contributed by atoms with E-state index in [1.165, 1.54) is 5.56 Å². The lowest BCUT2D eigenvalue weighted by Crippen LogP contribution is -2.47. The zero-order chi connectivity index (χ0) is 16.8. The number of aryl methyl sites for hydroxylation is 1. The summed E-state index contributed by atoms with van der Waals surface area (Å²) in [5.74, 6) is 0.746. The summed E-state index contributed by atoms with van der Waals surface area (Å²) < 4.78 is 11.4. The molecule has 1 aliphatic heterocycles. The molecule has 1 amide bonds. The molecule has 0 N–H and O–H groups in total. The van der Waals surface area contributed by atoms with Crippen LogP contribution in [0, 0.1) is 6.92 Å². The van der Waals surface area contributed by atoms with Gasteiger partial charge in [-0.1, -0.05) is 42.5 Å². The summed E-state index contributed by atoms with van der Waals surface area (Å²) in [4.78, 5) is 14.2. The first kappa shape index (κ1) is 16.5. The summed E-state index contributed by atoms with van der Waals surface area (Å²) >= 11 is 0. The van der Waals surface area contributed by atoms with Gasteiger partial charge in [-0.05, 0) is 30.2 Å². The Hall–Kier alpha value is -2.33. The van der Waals surface area contributed by atoms with Gasteiger partial charge in [0.15, 0.2) is 6.61 Å².